The Morgan fingerprint density at radius 1 is 1.08 bits per heavy atom. The van der Waals surface area contributed by atoms with Crippen LogP contribution in [0.25, 0.3) is 0 Å². The quantitative estimate of drug-likeness (QED) is 0.500. The van der Waals surface area contributed by atoms with Gasteiger partial charge in [-0.05, 0) is 35.4 Å². The molecule has 2 aromatic rings. The van der Waals surface area contributed by atoms with Crippen LogP contribution in [0.5, 0.6) is 5.75 Å². The smallest absolute Gasteiger partial charge is 0.416 e. The molecule has 5 nitrogen and oxygen atoms in total. The first-order valence-electron chi connectivity index (χ1n) is 6.85. The van der Waals surface area contributed by atoms with E-state index in [0.29, 0.717) is 16.9 Å². The molecule has 24 heavy (non-hydrogen) atoms. The molecule has 0 amide bonds. The SMILES string of the molecule is NC(N)=N/N=C/c1cccc(OCc2ccc(C(F)(F)F)cc2)c1. The summed E-state index contributed by atoms with van der Waals surface area (Å²) in [5.41, 5.74) is 11.0. The molecular weight excluding hydrogens is 321 g/mol. The van der Waals surface area contributed by atoms with Gasteiger partial charge in [0, 0.05) is 0 Å². The zero-order valence-electron chi connectivity index (χ0n) is 12.5. The predicted octanol–water partition coefficient (Wildman–Crippen LogP) is 2.89. The van der Waals surface area contributed by atoms with Crippen LogP contribution >= 0.6 is 0 Å². The van der Waals surface area contributed by atoms with Gasteiger partial charge in [0.05, 0.1) is 11.8 Å². The number of benzene rings is 2. The van der Waals surface area contributed by atoms with E-state index in [4.69, 9.17) is 16.2 Å². The van der Waals surface area contributed by atoms with Crippen LogP contribution in [0.2, 0.25) is 0 Å². The standard InChI is InChI=1S/C16H15F3N4O/c17-16(18,19)13-6-4-11(5-7-13)10-24-14-3-1-2-12(8-14)9-22-23-15(20)21/h1-9H,10H2,(H4,20,21,23)/b22-9+. The van der Waals surface area contributed by atoms with Crippen LogP contribution < -0.4 is 16.2 Å². The van der Waals surface area contributed by atoms with Crippen molar-refractivity contribution in [2.24, 2.45) is 21.7 Å². The van der Waals surface area contributed by atoms with Gasteiger partial charge in [-0.2, -0.15) is 18.3 Å². The number of hydrogen-bond donors (Lipinski definition) is 2. The highest BCUT2D eigenvalue weighted by atomic mass is 19.4. The highest BCUT2D eigenvalue weighted by Crippen LogP contribution is 2.29. The predicted molar refractivity (Wildman–Crippen MR) is 85.6 cm³/mol. The number of nitrogens with zero attached hydrogens (tertiary/aromatic N) is 2. The molecule has 0 spiro atoms. The molecular formula is C16H15F3N4O. The van der Waals surface area contributed by atoms with Crippen molar-refractivity contribution in [3.8, 4) is 5.75 Å². The molecule has 4 N–H and O–H groups in total. The molecule has 2 rings (SSSR count). The van der Waals surface area contributed by atoms with Gasteiger partial charge in [-0.25, -0.2) is 0 Å². The van der Waals surface area contributed by atoms with Crippen molar-refractivity contribution in [3.63, 3.8) is 0 Å². The Kier molecular flexibility index (Phi) is 5.41. The number of ether oxygens (including phenoxy) is 1. The Morgan fingerprint density at radius 3 is 2.42 bits per heavy atom. The maximum atomic E-state index is 12.5. The number of nitrogens with two attached hydrogens (primary N) is 2. The molecule has 0 aliphatic heterocycles. The number of halogens is 3. The highest BCUT2D eigenvalue weighted by Gasteiger charge is 2.29. The van der Waals surface area contributed by atoms with Crippen molar-refractivity contribution in [3.05, 3.63) is 65.2 Å². The molecule has 2 aromatic carbocycles. The van der Waals surface area contributed by atoms with Gasteiger partial charge in [0.1, 0.15) is 12.4 Å². The van der Waals surface area contributed by atoms with Crippen LogP contribution in [0.3, 0.4) is 0 Å². The third-order valence-corrected chi connectivity index (χ3v) is 2.92. The van der Waals surface area contributed by atoms with Crippen molar-refractivity contribution in [2.45, 2.75) is 12.8 Å². The average Bonchev–Trinajstić information content (AvgIpc) is 2.52. The van der Waals surface area contributed by atoms with E-state index < -0.39 is 11.7 Å². The molecule has 0 atom stereocenters. The van der Waals surface area contributed by atoms with Crippen LogP contribution in [0.4, 0.5) is 13.2 Å². The Bertz CT molecular complexity index is 736. The minimum absolute atomic E-state index is 0.145. The maximum Gasteiger partial charge on any atom is 0.416 e. The van der Waals surface area contributed by atoms with Gasteiger partial charge >= 0.3 is 6.18 Å². The van der Waals surface area contributed by atoms with Gasteiger partial charge in [0.25, 0.3) is 0 Å². The van der Waals surface area contributed by atoms with Gasteiger partial charge in [0.15, 0.2) is 0 Å². The molecule has 0 saturated carbocycles. The lowest BCUT2D eigenvalue weighted by molar-refractivity contribution is -0.137. The van der Waals surface area contributed by atoms with Crippen molar-refractivity contribution >= 4 is 12.2 Å². The van der Waals surface area contributed by atoms with E-state index in [-0.39, 0.29) is 12.6 Å². The molecule has 0 radical (unpaired) electrons. The van der Waals surface area contributed by atoms with Crippen molar-refractivity contribution in [1.82, 2.24) is 0 Å². The highest BCUT2D eigenvalue weighted by molar-refractivity contribution is 5.81. The first kappa shape index (κ1) is 17.3. The molecule has 0 aliphatic rings. The fourth-order valence-corrected chi connectivity index (χ4v) is 1.80. The fraction of sp³-hybridized carbons (Fsp3) is 0.125. The van der Waals surface area contributed by atoms with E-state index >= 15 is 0 Å². The third kappa shape index (κ3) is 5.31. The summed E-state index contributed by atoms with van der Waals surface area (Å²) in [6.07, 6.45) is -2.90. The summed E-state index contributed by atoms with van der Waals surface area (Å²) >= 11 is 0. The van der Waals surface area contributed by atoms with Gasteiger partial charge in [-0.3, -0.25) is 0 Å². The largest absolute Gasteiger partial charge is 0.489 e. The Hall–Kier alpha value is -3.03. The summed E-state index contributed by atoms with van der Waals surface area (Å²) in [6, 6.07) is 11.8. The van der Waals surface area contributed by atoms with E-state index in [1.807, 2.05) is 0 Å². The Labute approximate surface area is 136 Å². The molecule has 0 aliphatic carbocycles. The van der Waals surface area contributed by atoms with Crippen LogP contribution in [0.15, 0.2) is 58.7 Å². The topological polar surface area (TPSA) is 86.0 Å². The van der Waals surface area contributed by atoms with E-state index in [0.717, 1.165) is 12.1 Å². The summed E-state index contributed by atoms with van der Waals surface area (Å²) in [6.45, 7) is 0.145. The molecule has 0 unspecified atom stereocenters. The Morgan fingerprint density at radius 2 is 1.79 bits per heavy atom. The maximum absolute atomic E-state index is 12.5. The molecule has 126 valence electrons. The monoisotopic (exact) mass is 336 g/mol. The summed E-state index contributed by atoms with van der Waals surface area (Å²) in [7, 11) is 0. The number of alkyl halides is 3. The lowest BCUT2D eigenvalue weighted by atomic mass is 10.1. The zero-order valence-corrected chi connectivity index (χ0v) is 12.5. The average molecular weight is 336 g/mol. The molecule has 0 bridgehead atoms. The van der Waals surface area contributed by atoms with Crippen molar-refractivity contribution in [2.75, 3.05) is 0 Å². The Balaban J connectivity index is 1.99. The number of hydrogen-bond acceptors (Lipinski definition) is 3. The second-order valence-electron chi connectivity index (χ2n) is 4.83. The molecule has 8 heteroatoms. The lowest BCUT2D eigenvalue weighted by Gasteiger charge is -2.09. The normalized spacial score (nSPS) is 11.5. The van der Waals surface area contributed by atoms with Crippen LogP contribution in [-0.4, -0.2) is 12.2 Å². The van der Waals surface area contributed by atoms with E-state index in [9.17, 15) is 13.2 Å². The van der Waals surface area contributed by atoms with Crippen LogP contribution in [0.1, 0.15) is 16.7 Å². The second-order valence-corrected chi connectivity index (χ2v) is 4.83. The summed E-state index contributed by atoms with van der Waals surface area (Å²) < 4.78 is 43.1. The number of guanidine groups is 1. The first-order chi connectivity index (χ1) is 11.3. The zero-order chi connectivity index (χ0) is 17.6. The minimum Gasteiger partial charge on any atom is -0.489 e. The lowest BCUT2D eigenvalue weighted by Crippen LogP contribution is -2.21. The minimum atomic E-state index is -4.34. The van der Waals surface area contributed by atoms with E-state index in [1.165, 1.54) is 18.3 Å². The first-order valence-corrected chi connectivity index (χ1v) is 6.85. The van der Waals surface area contributed by atoms with Crippen LogP contribution in [0, 0.1) is 0 Å². The summed E-state index contributed by atoms with van der Waals surface area (Å²) in [5, 5.41) is 7.16. The van der Waals surface area contributed by atoms with Gasteiger partial charge < -0.3 is 16.2 Å². The van der Waals surface area contributed by atoms with Gasteiger partial charge in [0.2, 0.25) is 5.96 Å². The third-order valence-electron chi connectivity index (χ3n) is 2.92. The van der Waals surface area contributed by atoms with Gasteiger partial charge in [-0.1, -0.05) is 24.3 Å². The molecule has 0 heterocycles. The number of rotatable bonds is 5. The summed E-state index contributed by atoms with van der Waals surface area (Å²) in [5.74, 6) is 0.393. The summed E-state index contributed by atoms with van der Waals surface area (Å²) in [4.78, 5) is 0. The van der Waals surface area contributed by atoms with E-state index in [2.05, 4.69) is 10.2 Å². The van der Waals surface area contributed by atoms with Gasteiger partial charge in [-0.15, -0.1) is 5.10 Å². The van der Waals surface area contributed by atoms with Crippen molar-refractivity contribution in [1.29, 1.82) is 0 Å². The molecule has 0 fully saturated rings. The molecule has 0 aromatic heterocycles. The molecule has 0 saturated heterocycles. The van der Waals surface area contributed by atoms with Crippen molar-refractivity contribution < 1.29 is 17.9 Å². The fourth-order valence-electron chi connectivity index (χ4n) is 1.80. The van der Waals surface area contributed by atoms with E-state index in [1.54, 1.807) is 24.3 Å². The second kappa shape index (κ2) is 7.49. The van der Waals surface area contributed by atoms with Crippen LogP contribution in [-0.2, 0) is 12.8 Å².